The van der Waals surface area contributed by atoms with Crippen LogP contribution in [0.15, 0.2) is 58.1 Å². The van der Waals surface area contributed by atoms with Crippen molar-refractivity contribution in [2.75, 3.05) is 0 Å². The molecule has 6 heteroatoms. The zero-order valence-corrected chi connectivity index (χ0v) is 24.0. The average molecular weight is 521 g/mol. The number of rotatable bonds is 9. The molecule has 202 valence electrons. The van der Waals surface area contributed by atoms with Crippen molar-refractivity contribution in [2.24, 2.45) is 23.2 Å². The van der Waals surface area contributed by atoms with Crippen LogP contribution in [0.2, 0.25) is 0 Å². The molecule has 0 aromatic carbocycles. The monoisotopic (exact) mass is 520 g/mol. The van der Waals surface area contributed by atoms with Gasteiger partial charge in [0.25, 0.3) is 0 Å². The Balaban J connectivity index is 0.00000648. The Morgan fingerprint density at radius 3 is 2.00 bits per heavy atom. The molecule has 0 aliphatic heterocycles. The maximum Gasteiger partial charge on any atom is 0.184 e. The minimum absolute atomic E-state index is 0. The molecule has 0 amide bonds. The molecule has 0 heterocycles. The molecule has 3 atom stereocenters. The molecule has 0 bridgehead atoms. The minimum atomic E-state index is -1.39. The first-order valence-electron chi connectivity index (χ1n) is 12.7. The lowest BCUT2D eigenvalue weighted by atomic mass is 9.65. The van der Waals surface area contributed by atoms with Gasteiger partial charge in [-0.25, -0.2) is 0 Å². The molecule has 2 rings (SSSR count). The summed E-state index contributed by atoms with van der Waals surface area (Å²) in [5.41, 5.74) is 0.448. The van der Waals surface area contributed by atoms with Gasteiger partial charge in [-0.1, -0.05) is 49.3 Å². The second-order valence-electron chi connectivity index (χ2n) is 11.6. The van der Waals surface area contributed by atoms with Crippen LogP contribution in [0, 0.1) is 23.2 Å². The molecule has 36 heavy (non-hydrogen) atoms. The summed E-state index contributed by atoms with van der Waals surface area (Å²) in [5.74, 6) is -2.43. The number of carbonyl (C=O) groups is 2. The fraction of sp³-hybridized carbons (Fsp3) is 0.600. The highest BCUT2D eigenvalue weighted by atomic mass is 35.5. The highest BCUT2D eigenvalue weighted by Crippen LogP contribution is 2.52. The molecule has 0 aromatic rings. The highest BCUT2D eigenvalue weighted by molar-refractivity contribution is 6.24. The number of halogens is 1. The van der Waals surface area contributed by atoms with Crippen molar-refractivity contribution in [3.8, 4) is 0 Å². The first kappa shape index (κ1) is 31.9. The normalized spacial score (nSPS) is 25.6. The van der Waals surface area contributed by atoms with Gasteiger partial charge in [0.15, 0.2) is 11.6 Å². The number of aliphatic hydroxyl groups excluding tert-OH is 2. The van der Waals surface area contributed by atoms with Gasteiger partial charge in [0.1, 0.15) is 17.1 Å². The highest BCUT2D eigenvalue weighted by Gasteiger charge is 2.52. The largest absolute Gasteiger partial charge is 0.511 e. The molecular weight excluding hydrogens is 476 g/mol. The second kappa shape index (κ2) is 12.0. The van der Waals surface area contributed by atoms with Crippen molar-refractivity contribution in [3.63, 3.8) is 0 Å². The Kier molecular flexibility index (Phi) is 10.6. The van der Waals surface area contributed by atoms with Crippen LogP contribution in [0.4, 0.5) is 0 Å². The van der Waals surface area contributed by atoms with Crippen LogP contribution in [-0.4, -0.2) is 32.5 Å². The Morgan fingerprint density at radius 2 is 1.58 bits per heavy atom. The number of carbonyl (C=O) groups excluding carboxylic acids is 2. The van der Waals surface area contributed by atoms with Crippen LogP contribution < -0.4 is 0 Å². The molecular formula is C30H45ClO5. The smallest absolute Gasteiger partial charge is 0.184 e. The van der Waals surface area contributed by atoms with E-state index in [1.807, 2.05) is 46.8 Å². The van der Waals surface area contributed by atoms with E-state index in [-0.39, 0.29) is 60.4 Å². The third-order valence-corrected chi connectivity index (χ3v) is 7.71. The maximum atomic E-state index is 14.0. The standard InChI is InChI=1S/C30H44O5.ClH/c1-17(2)10-14-30(15-11-18(3)4)27(33)22(26(32)24(28(30)34)25(31)20(7)8)16-23-21(19(5)6)12-13-29(23,9)35;/h10-11,20-21,23,32-33,35H,5,12-16H2,1-4,6-9H3;1H/t21-,23+,29+;/m0./s1. The Labute approximate surface area is 223 Å². The van der Waals surface area contributed by atoms with Crippen molar-refractivity contribution in [3.05, 3.63) is 58.1 Å². The average Bonchev–Trinajstić information content (AvgIpc) is 3.04. The van der Waals surface area contributed by atoms with Gasteiger partial charge >= 0.3 is 0 Å². The third-order valence-electron chi connectivity index (χ3n) is 7.71. The zero-order valence-electron chi connectivity index (χ0n) is 23.2. The van der Waals surface area contributed by atoms with E-state index in [9.17, 15) is 24.9 Å². The van der Waals surface area contributed by atoms with Crippen molar-refractivity contribution in [2.45, 2.75) is 93.1 Å². The fourth-order valence-corrected chi connectivity index (χ4v) is 5.38. The molecule has 1 fully saturated rings. The Hall–Kier alpha value is -2.11. The Bertz CT molecular complexity index is 994. The van der Waals surface area contributed by atoms with Gasteiger partial charge in [-0.05, 0) is 85.5 Å². The van der Waals surface area contributed by atoms with Gasteiger partial charge in [0.2, 0.25) is 0 Å². The van der Waals surface area contributed by atoms with Gasteiger partial charge in [-0.15, -0.1) is 12.4 Å². The van der Waals surface area contributed by atoms with E-state index in [2.05, 4.69) is 6.58 Å². The third kappa shape index (κ3) is 6.23. The van der Waals surface area contributed by atoms with E-state index >= 15 is 0 Å². The first-order chi connectivity index (χ1) is 16.1. The number of hydrogen-bond acceptors (Lipinski definition) is 5. The predicted octanol–water partition coefficient (Wildman–Crippen LogP) is 7.28. The van der Waals surface area contributed by atoms with Crippen LogP contribution in [0.5, 0.6) is 0 Å². The van der Waals surface area contributed by atoms with Crippen molar-refractivity contribution >= 4 is 24.0 Å². The van der Waals surface area contributed by atoms with Crippen LogP contribution in [0.1, 0.15) is 87.5 Å². The first-order valence-corrected chi connectivity index (χ1v) is 12.7. The van der Waals surface area contributed by atoms with Gasteiger partial charge in [0.05, 0.1) is 11.0 Å². The van der Waals surface area contributed by atoms with E-state index in [4.69, 9.17) is 0 Å². The van der Waals surface area contributed by atoms with Crippen LogP contribution in [0.25, 0.3) is 0 Å². The number of allylic oxidation sites excluding steroid dienone is 8. The van der Waals surface area contributed by atoms with Gasteiger partial charge in [0, 0.05) is 11.5 Å². The van der Waals surface area contributed by atoms with Crippen molar-refractivity contribution in [1.29, 1.82) is 0 Å². The number of Topliss-reactive ketones (excluding diaryl/α,β-unsaturated/α-hetero) is 2. The Morgan fingerprint density at radius 1 is 1.08 bits per heavy atom. The lowest BCUT2D eigenvalue weighted by molar-refractivity contribution is -0.129. The van der Waals surface area contributed by atoms with Gasteiger partial charge in [-0.2, -0.15) is 0 Å². The minimum Gasteiger partial charge on any atom is -0.511 e. The number of aliphatic hydroxyl groups is 3. The lowest BCUT2D eigenvalue weighted by Crippen LogP contribution is -2.42. The maximum absolute atomic E-state index is 14.0. The zero-order chi connectivity index (χ0) is 26.9. The number of ketones is 2. The van der Waals surface area contributed by atoms with Gasteiger partial charge < -0.3 is 15.3 Å². The molecule has 3 N–H and O–H groups in total. The molecule has 0 saturated heterocycles. The molecule has 5 nitrogen and oxygen atoms in total. The summed E-state index contributed by atoms with van der Waals surface area (Å²) in [6, 6.07) is 0. The molecule has 2 aliphatic rings. The van der Waals surface area contributed by atoms with Crippen LogP contribution in [-0.2, 0) is 9.59 Å². The second-order valence-corrected chi connectivity index (χ2v) is 11.6. The molecule has 0 aromatic heterocycles. The molecule has 2 aliphatic carbocycles. The summed E-state index contributed by atoms with van der Waals surface area (Å²) in [4.78, 5) is 27.2. The molecule has 1 saturated carbocycles. The van der Waals surface area contributed by atoms with E-state index < -0.39 is 34.3 Å². The quantitative estimate of drug-likeness (QED) is 0.219. The summed E-state index contributed by atoms with van der Waals surface area (Å²) in [7, 11) is 0. The van der Waals surface area contributed by atoms with E-state index in [0.29, 0.717) is 6.42 Å². The molecule has 0 radical (unpaired) electrons. The summed E-state index contributed by atoms with van der Waals surface area (Å²) in [6.07, 6.45) is 5.68. The lowest BCUT2D eigenvalue weighted by Gasteiger charge is -2.38. The topological polar surface area (TPSA) is 94.8 Å². The van der Waals surface area contributed by atoms with Gasteiger partial charge in [-0.3, -0.25) is 9.59 Å². The summed E-state index contributed by atoms with van der Waals surface area (Å²) < 4.78 is 0. The SMILES string of the molecule is C=C(C)[C@@H]1CC[C@@](C)(O)[C@@H]1CC1=C(O)C(CC=C(C)C)(CC=C(C)C)C(=O)C(C(=O)C(C)C)=C1O.Cl. The van der Waals surface area contributed by atoms with Crippen molar-refractivity contribution < 1.29 is 24.9 Å². The van der Waals surface area contributed by atoms with E-state index in [1.54, 1.807) is 20.8 Å². The van der Waals surface area contributed by atoms with E-state index in [0.717, 1.165) is 23.1 Å². The summed E-state index contributed by atoms with van der Waals surface area (Å²) in [5, 5.41) is 34.2. The van der Waals surface area contributed by atoms with Crippen molar-refractivity contribution in [1.82, 2.24) is 0 Å². The van der Waals surface area contributed by atoms with Crippen LogP contribution in [0.3, 0.4) is 0 Å². The summed E-state index contributed by atoms with van der Waals surface area (Å²) >= 11 is 0. The molecule has 0 spiro atoms. The number of hydrogen-bond donors (Lipinski definition) is 3. The summed E-state index contributed by atoms with van der Waals surface area (Å²) in [6.45, 7) is 18.9. The van der Waals surface area contributed by atoms with E-state index in [1.165, 1.54) is 0 Å². The fourth-order valence-electron chi connectivity index (χ4n) is 5.38. The van der Waals surface area contributed by atoms with Crippen LogP contribution >= 0.6 is 12.4 Å². The predicted molar refractivity (Wildman–Crippen MR) is 148 cm³/mol. The molecule has 0 unspecified atom stereocenters.